The average molecular weight is 230 g/mol. The molecule has 3 heteroatoms. The minimum atomic E-state index is 0.243. The zero-order valence-corrected chi connectivity index (χ0v) is 11.8. The molecule has 0 fully saturated rings. The Bertz CT molecular complexity index is 153. The van der Waals surface area contributed by atoms with Crippen molar-refractivity contribution in [2.45, 2.75) is 45.6 Å². The molecule has 0 saturated heterocycles. The molecule has 3 nitrogen and oxygen atoms in total. The molecule has 0 aromatic heterocycles. The van der Waals surface area contributed by atoms with Crippen LogP contribution in [0, 0.1) is 0 Å². The zero-order valence-electron chi connectivity index (χ0n) is 11.8. The summed E-state index contributed by atoms with van der Waals surface area (Å²) in [6.07, 6.45) is 3.49. The van der Waals surface area contributed by atoms with Crippen LogP contribution in [-0.4, -0.2) is 50.8 Å². The van der Waals surface area contributed by atoms with Crippen LogP contribution in [0.3, 0.4) is 0 Å². The molecule has 0 saturated carbocycles. The lowest BCUT2D eigenvalue weighted by Crippen LogP contribution is -2.36. The summed E-state index contributed by atoms with van der Waals surface area (Å²) in [5.41, 5.74) is 0.243. The van der Waals surface area contributed by atoms with Crippen molar-refractivity contribution in [2.75, 3.05) is 40.4 Å². The van der Waals surface area contributed by atoms with E-state index in [-0.39, 0.29) is 5.54 Å². The predicted molar refractivity (Wildman–Crippen MR) is 71.0 cm³/mol. The third kappa shape index (κ3) is 13.9. The van der Waals surface area contributed by atoms with Crippen molar-refractivity contribution in [3.05, 3.63) is 0 Å². The van der Waals surface area contributed by atoms with Gasteiger partial charge in [-0.05, 0) is 67.2 Å². The van der Waals surface area contributed by atoms with E-state index in [2.05, 4.69) is 45.1 Å². The van der Waals surface area contributed by atoms with Crippen molar-refractivity contribution in [2.24, 2.45) is 0 Å². The highest BCUT2D eigenvalue weighted by Crippen LogP contribution is 1.99. The second-order valence-corrected chi connectivity index (χ2v) is 5.65. The number of unbranched alkanes of at least 4 members (excludes halogenated alkanes) is 1. The molecule has 0 radical (unpaired) electrons. The van der Waals surface area contributed by atoms with Gasteiger partial charge in [0.05, 0.1) is 0 Å². The number of hydrogen-bond donors (Lipinski definition) is 1. The van der Waals surface area contributed by atoms with E-state index >= 15 is 0 Å². The highest BCUT2D eigenvalue weighted by atomic mass is 16.5. The number of rotatable bonds is 9. The van der Waals surface area contributed by atoms with E-state index in [4.69, 9.17) is 4.74 Å². The topological polar surface area (TPSA) is 24.5 Å². The molecule has 0 aliphatic rings. The van der Waals surface area contributed by atoms with Crippen LogP contribution in [0.25, 0.3) is 0 Å². The van der Waals surface area contributed by atoms with Gasteiger partial charge >= 0.3 is 0 Å². The fourth-order valence-corrected chi connectivity index (χ4v) is 1.38. The van der Waals surface area contributed by atoms with Gasteiger partial charge in [-0.3, -0.25) is 0 Å². The number of nitrogens with one attached hydrogen (secondary N) is 1. The Labute approximate surface area is 102 Å². The highest BCUT2D eigenvalue weighted by molar-refractivity contribution is 4.69. The first-order valence-electron chi connectivity index (χ1n) is 6.39. The quantitative estimate of drug-likeness (QED) is 0.614. The van der Waals surface area contributed by atoms with Crippen LogP contribution in [0.1, 0.15) is 40.0 Å². The zero-order chi connectivity index (χ0) is 12.4. The van der Waals surface area contributed by atoms with Crippen LogP contribution in [0.5, 0.6) is 0 Å². The van der Waals surface area contributed by atoms with Gasteiger partial charge in [0.2, 0.25) is 0 Å². The average Bonchev–Trinajstić information content (AvgIpc) is 2.13. The SMILES string of the molecule is CN(C)CCCOCCCCNC(C)(C)C. The molecule has 0 aromatic carbocycles. The van der Waals surface area contributed by atoms with E-state index in [1.54, 1.807) is 0 Å². The minimum Gasteiger partial charge on any atom is -0.381 e. The fourth-order valence-electron chi connectivity index (χ4n) is 1.38. The molecule has 0 unspecified atom stereocenters. The first kappa shape index (κ1) is 15.9. The summed E-state index contributed by atoms with van der Waals surface area (Å²) < 4.78 is 5.56. The van der Waals surface area contributed by atoms with Gasteiger partial charge in [0.15, 0.2) is 0 Å². The molecule has 98 valence electrons. The van der Waals surface area contributed by atoms with Crippen LogP contribution in [-0.2, 0) is 4.74 Å². The Morgan fingerprint density at radius 1 is 1.00 bits per heavy atom. The number of nitrogens with zero attached hydrogens (tertiary/aromatic N) is 1. The number of ether oxygens (including phenoxy) is 1. The van der Waals surface area contributed by atoms with E-state index in [1.807, 2.05) is 0 Å². The molecule has 0 aliphatic carbocycles. The van der Waals surface area contributed by atoms with Crippen LogP contribution < -0.4 is 5.32 Å². The second-order valence-electron chi connectivity index (χ2n) is 5.65. The molecule has 16 heavy (non-hydrogen) atoms. The molecule has 0 bridgehead atoms. The van der Waals surface area contributed by atoms with Crippen molar-refractivity contribution in [1.82, 2.24) is 10.2 Å². The maximum atomic E-state index is 5.56. The van der Waals surface area contributed by atoms with E-state index in [1.165, 1.54) is 6.42 Å². The van der Waals surface area contributed by atoms with Gasteiger partial charge in [0.1, 0.15) is 0 Å². The molecule has 0 amide bonds. The first-order valence-corrected chi connectivity index (χ1v) is 6.39. The Hall–Kier alpha value is -0.120. The molecule has 0 heterocycles. The van der Waals surface area contributed by atoms with E-state index < -0.39 is 0 Å². The van der Waals surface area contributed by atoms with Crippen LogP contribution in [0.15, 0.2) is 0 Å². The Kier molecular flexibility index (Phi) is 8.90. The standard InChI is InChI=1S/C13H30N2O/c1-13(2,3)14-9-6-7-11-16-12-8-10-15(4)5/h14H,6-12H2,1-5H3. The molecule has 0 aromatic rings. The Morgan fingerprint density at radius 3 is 2.19 bits per heavy atom. The van der Waals surface area contributed by atoms with Gasteiger partial charge in [0.25, 0.3) is 0 Å². The lowest BCUT2D eigenvalue weighted by Gasteiger charge is -2.20. The fraction of sp³-hybridized carbons (Fsp3) is 1.00. The Morgan fingerprint density at radius 2 is 1.62 bits per heavy atom. The molecule has 0 spiro atoms. The largest absolute Gasteiger partial charge is 0.381 e. The first-order chi connectivity index (χ1) is 7.42. The lowest BCUT2D eigenvalue weighted by molar-refractivity contribution is 0.122. The molecule has 0 aliphatic heterocycles. The van der Waals surface area contributed by atoms with Crippen LogP contribution in [0.2, 0.25) is 0 Å². The Balaban J connectivity index is 3.05. The summed E-state index contributed by atoms with van der Waals surface area (Å²) in [5.74, 6) is 0. The maximum absolute atomic E-state index is 5.56. The molecular weight excluding hydrogens is 200 g/mol. The maximum Gasteiger partial charge on any atom is 0.0478 e. The van der Waals surface area contributed by atoms with Crippen molar-refractivity contribution in [3.8, 4) is 0 Å². The van der Waals surface area contributed by atoms with E-state index in [0.717, 1.165) is 39.1 Å². The van der Waals surface area contributed by atoms with Gasteiger partial charge in [-0.2, -0.15) is 0 Å². The predicted octanol–water partition coefficient (Wildman–Crippen LogP) is 2.12. The summed E-state index contributed by atoms with van der Waals surface area (Å²) >= 11 is 0. The second kappa shape index (κ2) is 8.97. The summed E-state index contributed by atoms with van der Waals surface area (Å²) in [7, 11) is 4.19. The van der Waals surface area contributed by atoms with Crippen molar-refractivity contribution in [3.63, 3.8) is 0 Å². The van der Waals surface area contributed by atoms with E-state index in [0.29, 0.717) is 0 Å². The third-order valence-electron chi connectivity index (χ3n) is 2.26. The van der Waals surface area contributed by atoms with Crippen LogP contribution in [0.4, 0.5) is 0 Å². The smallest absolute Gasteiger partial charge is 0.0478 e. The van der Waals surface area contributed by atoms with Crippen LogP contribution >= 0.6 is 0 Å². The lowest BCUT2D eigenvalue weighted by atomic mass is 10.1. The van der Waals surface area contributed by atoms with Crippen molar-refractivity contribution in [1.29, 1.82) is 0 Å². The van der Waals surface area contributed by atoms with E-state index in [9.17, 15) is 0 Å². The summed E-state index contributed by atoms with van der Waals surface area (Å²) in [4.78, 5) is 2.19. The monoisotopic (exact) mass is 230 g/mol. The number of hydrogen-bond acceptors (Lipinski definition) is 3. The molecule has 1 N–H and O–H groups in total. The van der Waals surface area contributed by atoms with Crippen molar-refractivity contribution >= 4 is 0 Å². The van der Waals surface area contributed by atoms with Gasteiger partial charge < -0.3 is 15.0 Å². The van der Waals surface area contributed by atoms with Gasteiger partial charge in [-0.1, -0.05) is 0 Å². The molecule has 0 atom stereocenters. The highest BCUT2D eigenvalue weighted by Gasteiger charge is 2.06. The normalized spacial score (nSPS) is 12.4. The van der Waals surface area contributed by atoms with Gasteiger partial charge in [-0.15, -0.1) is 0 Å². The van der Waals surface area contributed by atoms with Gasteiger partial charge in [0, 0.05) is 18.8 Å². The van der Waals surface area contributed by atoms with Crippen molar-refractivity contribution < 1.29 is 4.74 Å². The van der Waals surface area contributed by atoms with Gasteiger partial charge in [-0.25, -0.2) is 0 Å². The third-order valence-corrected chi connectivity index (χ3v) is 2.26. The molecule has 0 rings (SSSR count). The summed E-state index contributed by atoms with van der Waals surface area (Å²) in [6, 6.07) is 0. The summed E-state index contributed by atoms with van der Waals surface area (Å²) in [5, 5.41) is 3.48. The summed E-state index contributed by atoms with van der Waals surface area (Å²) in [6.45, 7) is 10.6. The minimum absolute atomic E-state index is 0.243. The molecular formula is C13H30N2O.